The predicted molar refractivity (Wildman–Crippen MR) is 73.2 cm³/mol. The smallest absolute Gasteiger partial charge is 0.165 e. The van der Waals surface area contributed by atoms with Crippen molar-refractivity contribution in [2.45, 2.75) is 13.0 Å². The molecule has 2 nitrogen and oxygen atoms in total. The molecule has 1 unspecified atom stereocenters. The molecule has 0 radical (unpaired) electrons. The van der Waals surface area contributed by atoms with Gasteiger partial charge < -0.3 is 10.5 Å². The number of hydrogen-bond acceptors (Lipinski definition) is 2. The highest BCUT2D eigenvalue weighted by molar-refractivity contribution is 9.10. The molecule has 5 heteroatoms. The van der Waals surface area contributed by atoms with Gasteiger partial charge in [-0.1, -0.05) is 22.0 Å². The van der Waals surface area contributed by atoms with E-state index in [1.807, 2.05) is 0 Å². The first kappa shape index (κ1) is 14.0. The van der Waals surface area contributed by atoms with Gasteiger partial charge in [0.2, 0.25) is 0 Å². The quantitative estimate of drug-likeness (QED) is 0.898. The maximum Gasteiger partial charge on any atom is 0.165 e. The average Bonchev–Trinajstić information content (AvgIpc) is 2.33. The predicted octanol–water partition coefficient (Wildman–Crippen LogP) is 4.54. The number of halogens is 3. The summed E-state index contributed by atoms with van der Waals surface area (Å²) in [6.45, 7) is 1.64. The lowest BCUT2D eigenvalue weighted by Crippen LogP contribution is -2.09. The zero-order valence-corrected chi connectivity index (χ0v) is 11.7. The van der Waals surface area contributed by atoms with Crippen LogP contribution in [0.3, 0.4) is 0 Å². The fourth-order valence-electron chi connectivity index (χ4n) is 1.72. The molecule has 0 heterocycles. The fourth-order valence-corrected chi connectivity index (χ4v) is 2.06. The maximum absolute atomic E-state index is 13.7. The Morgan fingerprint density at radius 2 is 1.84 bits per heavy atom. The van der Waals surface area contributed by atoms with Crippen molar-refractivity contribution in [2.75, 3.05) is 0 Å². The van der Waals surface area contributed by atoms with Gasteiger partial charge >= 0.3 is 0 Å². The second kappa shape index (κ2) is 5.67. The Morgan fingerprint density at radius 1 is 1.11 bits per heavy atom. The molecule has 2 rings (SSSR count). The third kappa shape index (κ3) is 3.11. The van der Waals surface area contributed by atoms with Crippen LogP contribution in [-0.4, -0.2) is 0 Å². The number of hydrogen-bond donors (Lipinski definition) is 1. The largest absolute Gasteiger partial charge is 0.454 e. The van der Waals surface area contributed by atoms with Crippen LogP contribution in [0.15, 0.2) is 40.9 Å². The monoisotopic (exact) mass is 327 g/mol. The van der Waals surface area contributed by atoms with Crippen molar-refractivity contribution in [2.24, 2.45) is 5.73 Å². The summed E-state index contributed by atoms with van der Waals surface area (Å²) in [6, 6.07) is 8.10. The highest BCUT2D eigenvalue weighted by Gasteiger charge is 2.15. The zero-order chi connectivity index (χ0) is 14.0. The Morgan fingerprint density at radius 3 is 2.53 bits per heavy atom. The van der Waals surface area contributed by atoms with Gasteiger partial charge in [-0.3, -0.25) is 0 Å². The van der Waals surface area contributed by atoms with E-state index in [1.165, 1.54) is 24.3 Å². The molecule has 0 fully saturated rings. The van der Waals surface area contributed by atoms with Gasteiger partial charge in [0.25, 0.3) is 0 Å². The topological polar surface area (TPSA) is 35.2 Å². The molecular formula is C14H12BrF2NO. The van der Waals surface area contributed by atoms with Crippen LogP contribution in [-0.2, 0) is 0 Å². The minimum atomic E-state index is -0.550. The zero-order valence-electron chi connectivity index (χ0n) is 10.2. The summed E-state index contributed by atoms with van der Waals surface area (Å²) in [6.07, 6.45) is 0. The van der Waals surface area contributed by atoms with Crippen LogP contribution in [0.2, 0.25) is 0 Å². The van der Waals surface area contributed by atoms with Crippen LogP contribution in [0.5, 0.6) is 11.5 Å². The van der Waals surface area contributed by atoms with Gasteiger partial charge in [-0.2, -0.15) is 0 Å². The Kier molecular flexibility index (Phi) is 4.17. The van der Waals surface area contributed by atoms with E-state index in [-0.39, 0.29) is 17.1 Å². The molecule has 2 aromatic rings. The van der Waals surface area contributed by atoms with Gasteiger partial charge in [0.05, 0.1) is 0 Å². The van der Waals surface area contributed by atoms with Crippen molar-refractivity contribution in [3.63, 3.8) is 0 Å². The van der Waals surface area contributed by atoms with Crippen molar-refractivity contribution in [3.05, 3.63) is 58.1 Å². The molecule has 0 saturated heterocycles. The number of nitrogens with two attached hydrogens (primary N) is 1. The first-order chi connectivity index (χ1) is 8.99. The summed E-state index contributed by atoms with van der Waals surface area (Å²) in [7, 11) is 0. The van der Waals surface area contributed by atoms with Gasteiger partial charge in [0.1, 0.15) is 11.6 Å². The fraction of sp³-hybridized carbons (Fsp3) is 0.143. The molecule has 0 spiro atoms. The number of benzene rings is 2. The third-order valence-electron chi connectivity index (χ3n) is 2.58. The maximum atomic E-state index is 13.7. The Hall–Kier alpha value is -1.46. The molecular weight excluding hydrogens is 316 g/mol. The molecule has 0 aliphatic carbocycles. The van der Waals surface area contributed by atoms with Crippen LogP contribution < -0.4 is 10.5 Å². The molecule has 2 N–H and O–H groups in total. The van der Waals surface area contributed by atoms with Crippen LogP contribution in [0.25, 0.3) is 0 Å². The lowest BCUT2D eigenvalue weighted by Gasteiger charge is -2.15. The van der Waals surface area contributed by atoms with Gasteiger partial charge in [-0.15, -0.1) is 0 Å². The van der Waals surface area contributed by atoms with Crippen LogP contribution >= 0.6 is 15.9 Å². The van der Waals surface area contributed by atoms with E-state index in [2.05, 4.69) is 15.9 Å². The van der Waals surface area contributed by atoms with Crippen LogP contribution in [0.4, 0.5) is 8.78 Å². The molecule has 1 atom stereocenters. The normalized spacial score (nSPS) is 12.3. The molecule has 0 amide bonds. The summed E-state index contributed by atoms with van der Waals surface area (Å²) in [4.78, 5) is 0. The lowest BCUT2D eigenvalue weighted by molar-refractivity contribution is 0.428. The van der Waals surface area contributed by atoms with Gasteiger partial charge in [0, 0.05) is 16.1 Å². The first-order valence-corrected chi connectivity index (χ1v) is 6.45. The highest BCUT2D eigenvalue weighted by Crippen LogP contribution is 2.33. The van der Waals surface area contributed by atoms with Crippen LogP contribution in [0, 0.1) is 11.6 Å². The van der Waals surface area contributed by atoms with Gasteiger partial charge in [-0.05, 0) is 37.3 Å². The molecule has 0 bridgehead atoms. The second-order valence-corrected chi connectivity index (χ2v) is 5.03. The van der Waals surface area contributed by atoms with E-state index in [0.29, 0.717) is 4.47 Å². The average molecular weight is 328 g/mol. The van der Waals surface area contributed by atoms with Crippen molar-refractivity contribution < 1.29 is 13.5 Å². The van der Waals surface area contributed by atoms with E-state index < -0.39 is 17.7 Å². The minimum absolute atomic E-state index is 0.0156. The number of rotatable bonds is 3. The molecule has 100 valence electrons. The van der Waals surface area contributed by atoms with Crippen molar-refractivity contribution >= 4 is 15.9 Å². The Labute approximate surface area is 118 Å². The van der Waals surface area contributed by atoms with E-state index in [9.17, 15) is 8.78 Å². The van der Waals surface area contributed by atoms with Gasteiger partial charge in [-0.25, -0.2) is 8.78 Å². The van der Waals surface area contributed by atoms with Crippen molar-refractivity contribution in [3.8, 4) is 11.5 Å². The molecule has 0 saturated carbocycles. The molecule has 0 aliphatic heterocycles. The van der Waals surface area contributed by atoms with E-state index in [0.717, 1.165) is 0 Å². The second-order valence-electron chi connectivity index (χ2n) is 4.12. The van der Waals surface area contributed by atoms with E-state index >= 15 is 0 Å². The summed E-state index contributed by atoms with van der Waals surface area (Å²) >= 11 is 3.23. The third-order valence-corrected chi connectivity index (χ3v) is 3.07. The SMILES string of the molecule is CC(N)c1c(F)cccc1Oc1cc(Br)ccc1F. The number of ether oxygens (including phenoxy) is 1. The molecule has 0 aromatic heterocycles. The van der Waals surface area contributed by atoms with Crippen molar-refractivity contribution in [1.82, 2.24) is 0 Å². The van der Waals surface area contributed by atoms with Crippen molar-refractivity contribution in [1.29, 1.82) is 0 Å². The standard InChI is InChI=1S/C14H12BrF2NO/c1-8(18)14-11(17)3-2-4-12(14)19-13-7-9(15)5-6-10(13)16/h2-8H,18H2,1H3. The lowest BCUT2D eigenvalue weighted by atomic mass is 10.1. The first-order valence-electron chi connectivity index (χ1n) is 5.66. The van der Waals surface area contributed by atoms with E-state index in [1.54, 1.807) is 19.1 Å². The summed E-state index contributed by atoms with van der Waals surface area (Å²) < 4.78 is 33.4. The summed E-state index contributed by atoms with van der Waals surface area (Å²) in [5, 5.41) is 0. The molecule has 0 aliphatic rings. The minimum Gasteiger partial charge on any atom is -0.454 e. The van der Waals surface area contributed by atoms with Gasteiger partial charge in [0.15, 0.2) is 11.6 Å². The van der Waals surface area contributed by atoms with Crippen LogP contribution in [0.1, 0.15) is 18.5 Å². The molecule has 2 aromatic carbocycles. The highest BCUT2D eigenvalue weighted by atomic mass is 79.9. The Bertz CT molecular complexity index is 602. The Balaban J connectivity index is 2.44. The summed E-state index contributed by atoms with van der Waals surface area (Å²) in [5.74, 6) is -0.764. The molecule has 19 heavy (non-hydrogen) atoms. The van der Waals surface area contributed by atoms with E-state index in [4.69, 9.17) is 10.5 Å². The summed E-state index contributed by atoms with van der Waals surface area (Å²) in [5.41, 5.74) is 5.94.